The summed E-state index contributed by atoms with van der Waals surface area (Å²) in [7, 11) is 8.28. The lowest BCUT2D eigenvalue weighted by molar-refractivity contribution is 0.350. The summed E-state index contributed by atoms with van der Waals surface area (Å²) in [4.78, 5) is 0. The minimum Gasteiger partial charge on any atom is -0.497 e. The maximum atomic E-state index is 5.24. The molecule has 0 aliphatic rings. The summed E-state index contributed by atoms with van der Waals surface area (Å²) in [5, 5.41) is 0.762. The van der Waals surface area contributed by atoms with Crippen LogP contribution in [0, 0.1) is 6.92 Å². The van der Waals surface area contributed by atoms with E-state index < -0.39 is 0 Å². The standard InChI is InChI=1S/C10H13O3Si/c1-6-5-7(11-2)10(14)9(13-4)8(6)12-3/h5H,1-4H3. The Hall–Kier alpha value is -1.16. The van der Waals surface area contributed by atoms with Gasteiger partial charge in [0.15, 0.2) is 11.5 Å². The van der Waals surface area contributed by atoms with E-state index in [1.54, 1.807) is 21.3 Å². The van der Waals surface area contributed by atoms with Crippen LogP contribution in [0.5, 0.6) is 17.2 Å². The minimum atomic E-state index is 0.654. The highest BCUT2D eigenvalue weighted by Crippen LogP contribution is 2.32. The van der Waals surface area contributed by atoms with Crippen molar-refractivity contribution < 1.29 is 14.2 Å². The summed E-state index contributed by atoms with van der Waals surface area (Å²) in [6.07, 6.45) is 0. The van der Waals surface area contributed by atoms with Crippen LogP contribution in [-0.4, -0.2) is 31.6 Å². The van der Waals surface area contributed by atoms with E-state index in [1.165, 1.54) is 0 Å². The van der Waals surface area contributed by atoms with E-state index in [-0.39, 0.29) is 0 Å². The summed E-state index contributed by atoms with van der Waals surface area (Å²) in [6, 6.07) is 1.89. The molecule has 1 aromatic rings. The molecule has 0 aliphatic carbocycles. The molecule has 4 heteroatoms. The quantitative estimate of drug-likeness (QED) is 0.690. The molecule has 3 nitrogen and oxygen atoms in total. The Morgan fingerprint density at radius 1 is 1.00 bits per heavy atom. The van der Waals surface area contributed by atoms with E-state index >= 15 is 0 Å². The van der Waals surface area contributed by atoms with Crippen LogP contribution in [0.4, 0.5) is 0 Å². The van der Waals surface area contributed by atoms with Gasteiger partial charge in [-0.25, -0.2) is 0 Å². The van der Waals surface area contributed by atoms with Crippen molar-refractivity contribution in [2.45, 2.75) is 6.92 Å². The zero-order chi connectivity index (χ0) is 10.7. The van der Waals surface area contributed by atoms with Gasteiger partial charge in [0, 0.05) is 5.19 Å². The predicted molar refractivity (Wildman–Crippen MR) is 56.2 cm³/mol. The molecule has 1 rings (SSSR count). The summed E-state index contributed by atoms with van der Waals surface area (Å²) >= 11 is 0. The normalized spacial score (nSPS) is 9.79. The monoisotopic (exact) mass is 209 g/mol. The van der Waals surface area contributed by atoms with E-state index in [2.05, 4.69) is 10.2 Å². The zero-order valence-corrected chi connectivity index (χ0v) is 9.80. The molecule has 0 saturated carbocycles. The predicted octanol–water partition coefficient (Wildman–Crippen LogP) is 0.815. The van der Waals surface area contributed by atoms with Gasteiger partial charge < -0.3 is 14.2 Å². The number of hydrogen-bond acceptors (Lipinski definition) is 3. The second-order valence-electron chi connectivity index (χ2n) is 2.84. The molecule has 0 saturated heterocycles. The SMILES string of the molecule is COc1cc(C)c(OC)c(OC)c1[Si]. The number of hydrogen-bond donors (Lipinski definition) is 0. The number of methoxy groups -OCH3 is 3. The van der Waals surface area contributed by atoms with Gasteiger partial charge in [-0.1, -0.05) is 0 Å². The van der Waals surface area contributed by atoms with Crippen molar-refractivity contribution in [3.8, 4) is 17.2 Å². The third kappa shape index (κ3) is 1.70. The van der Waals surface area contributed by atoms with E-state index in [0.29, 0.717) is 5.75 Å². The molecule has 3 radical (unpaired) electrons. The molecule has 14 heavy (non-hydrogen) atoms. The molecule has 0 amide bonds. The fraction of sp³-hybridized carbons (Fsp3) is 0.400. The average Bonchev–Trinajstić information content (AvgIpc) is 2.20. The van der Waals surface area contributed by atoms with Crippen molar-refractivity contribution in [3.63, 3.8) is 0 Å². The Morgan fingerprint density at radius 3 is 2.00 bits per heavy atom. The summed E-state index contributed by atoms with van der Waals surface area (Å²) in [5.41, 5.74) is 0.975. The Bertz CT molecular complexity index is 337. The fourth-order valence-corrected chi connectivity index (χ4v) is 1.74. The average molecular weight is 209 g/mol. The Kier molecular flexibility index (Phi) is 3.41. The smallest absolute Gasteiger partial charge is 0.163 e. The van der Waals surface area contributed by atoms with Gasteiger partial charge in [-0.15, -0.1) is 0 Å². The van der Waals surface area contributed by atoms with Gasteiger partial charge in [0.2, 0.25) is 0 Å². The topological polar surface area (TPSA) is 27.7 Å². The molecule has 0 fully saturated rings. The maximum Gasteiger partial charge on any atom is 0.163 e. The largest absolute Gasteiger partial charge is 0.497 e. The van der Waals surface area contributed by atoms with Crippen molar-refractivity contribution in [1.82, 2.24) is 0 Å². The second kappa shape index (κ2) is 4.37. The minimum absolute atomic E-state index is 0.654. The van der Waals surface area contributed by atoms with Gasteiger partial charge >= 0.3 is 0 Å². The van der Waals surface area contributed by atoms with Crippen molar-refractivity contribution in [1.29, 1.82) is 0 Å². The highest BCUT2D eigenvalue weighted by atomic mass is 28.1. The van der Waals surface area contributed by atoms with Crippen LogP contribution in [0.15, 0.2) is 6.07 Å². The Morgan fingerprint density at radius 2 is 1.57 bits per heavy atom. The molecule has 0 aromatic heterocycles. The van der Waals surface area contributed by atoms with Crippen molar-refractivity contribution in [3.05, 3.63) is 11.6 Å². The van der Waals surface area contributed by atoms with Gasteiger partial charge in [-0.3, -0.25) is 0 Å². The molecule has 0 aliphatic heterocycles. The van der Waals surface area contributed by atoms with E-state index in [0.717, 1.165) is 22.2 Å². The maximum absolute atomic E-state index is 5.24. The first-order valence-electron chi connectivity index (χ1n) is 4.16. The van der Waals surface area contributed by atoms with Crippen LogP contribution in [-0.2, 0) is 0 Å². The number of benzene rings is 1. The third-order valence-corrected chi connectivity index (χ3v) is 2.49. The number of rotatable bonds is 3. The Labute approximate surface area is 87.4 Å². The molecule has 0 spiro atoms. The van der Waals surface area contributed by atoms with Crippen molar-refractivity contribution in [2.75, 3.05) is 21.3 Å². The zero-order valence-electron chi connectivity index (χ0n) is 8.80. The first kappa shape index (κ1) is 10.9. The highest BCUT2D eigenvalue weighted by molar-refractivity contribution is 6.36. The van der Waals surface area contributed by atoms with Gasteiger partial charge in [0.25, 0.3) is 0 Å². The third-order valence-electron chi connectivity index (χ3n) is 2.01. The van der Waals surface area contributed by atoms with Gasteiger partial charge in [-0.2, -0.15) is 0 Å². The van der Waals surface area contributed by atoms with Crippen molar-refractivity contribution in [2.24, 2.45) is 0 Å². The Balaban J connectivity index is 3.40. The summed E-state index contributed by atoms with van der Waals surface area (Å²) in [6.45, 7) is 1.94. The molecule has 0 heterocycles. The van der Waals surface area contributed by atoms with Crippen LogP contribution in [0.2, 0.25) is 0 Å². The number of ether oxygens (including phenoxy) is 3. The molecule has 1 aromatic carbocycles. The molecular formula is C10H13O3Si. The highest BCUT2D eigenvalue weighted by Gasteiger charge is 2.14. The van der Waals surface area contributed by atoms with Crippen LogP contribution in [0.1, 0.15) is 5.56 Å². The first-order chi connectivity index (χ1) is 6.65. The molecule has 0 N–H and O–H groups in total. The fourth-order valence-electron chi connectivity index (χ4n) is 1.35. The lowest BCUT2D eigenvalue weighted by Gasteiger charge is -2.15. The molecule has 0 unspecified atom stereocenters. The second-order valence-corrected chi connectivity index (χ2v) is 3.34. The van der Waals surface area contributed by atoms with E-state index in [9.17, 15) is 0 Å². The lowest BCUT2D eigenvalue weighted by Crippen LogP contribution is -2.13. The van der Waals surface area contributed by atoms with Crippen LogP contribution in [0.25, 0.3) is 0 Å². The van der Waals surface area contributed by atoms with Gasteiger partial charge in [0.05, 0.1) is 31.6 Å². The van der Waals surface area contributed by atoms with Crippen molar-refractivity contribution >= 4 is 15.4 Å². The van der Waals surface area contributed by atoms with Gasteiger partial charge in [-0.05, 0) is 18.6 Å². The summed E-state index contributed by atoms with van der Waals surface area (Å²) in [5.74, 6) is 2.11. The molecular weight excluding hydrogens is 196 g/mol. The molecule has 75 valence electrons. The lowest BCUT2D eigenvalue weighted by atomic mass is 10.2. The summed E-state index contributed by atoms with van der Waals surface area (Å²) < 4.78 is 15.7. The van der Waals surface area contributed by atoms with Crippen LogP contribution in [0.3, 0.4) is 0 Å². The van der Waals surface area contributed by atoms with Crippen LogP contribution < -0.4 is 19.4 Å². The molecule has 0 atom stereocenters. The van der Waals surface area contributed by atoms with Crippen LogP contribution >= 0.6 is 0 Å². The molecule has 0 bridgehead atoms. The van der Waals surface area contributed by atoms with Gasteiger partial charge in [0.1, 0.15) is 5.75 Å². The van der Waals surface area contributed by atoms with E-state index in [4.69, 9.17) is 14.2 Å². The van der Waals surface area contributed by atoms with E-state index in [1.807, 2.05) is 13.0 Å². The number of aryl methyl sites for hydroxylation is 1. The first-order valence-corrected chi connectivity index (χ1v) is 4.66.